The number of benzene rings is 1. The molecule has 0 amide bonds. The van der Waals surface area contributed by atoms with Crippen molar-refractivity contribution in [2.24, 2.45) is 0 Å². The smallest absolute Gasteiger partial charge is 0.371 e. The Bertz CT molecular complexity index is 479. The summed E-state index contributed by atoms with van der Waals surface area (Å²) >= 11 is 0. The lowest BCUT2D eigenvalue weighted by Gasteiger charge is -2.20. The van der Waals surface area contributed by atoms with E-state index in [1.165, 1.54) is 7.11 Å². The lowest BCUT2D eigenvalue weighted by atomic mass is 9.96. The summed E-state index contributed by atoms with van der Waals surface area (Å²) in [5.41, 5.74) is 1.55. The van der Waals surface area contributed by atoms with Crippen LogP contribution in [0.15, 0.2) is 36.1 Å². The van der Waals surface area contributed by atoms with Gasteiger partial charge in [0.15, 0.2) is 0 Å². The lowest BCUT2D eigenvalue weighted by Crippen LogP contribution is -2.16. The molecule has 122 valence electrons. The average molecular weight is 306 g/mol. The predicted molar refractivity (Wildman–Crippen MR) is 87.6 cm³/mol. The largest absolute Gasteiger partial charge is 0.490 e. The molecular formula is C18H26O4. The molecule has 1 N–H and O–H groups in total. The van der Waals surface area contributed by atoms with Crippen LogP contribution in [0.25, 0.3) is 5.57 Å². The number of aliphatic carboxylic acids is 1. The first-order valence-corrected chi connectivity index (χ1v) is 7.81. The van der Waals surface area contributed by atoms with Crippen LogP contribution in [0.2, 0.25) is 0 Å². The van der Waals surface area contributed by atoms with Gasteiger partial charge in [0.1, 0.15) is 0 Å². The number of carbonyl (C=O) groups is 1. The van der Waals surface area contributed by atoms with E-state index in [0.717, 1.165) is 24.8 Å². The van der Waals surface area contributed by atoms with Crippen molar-refractivity contribution in [2.75, 3.05) is 13.7 Å². The van der Waals surface area contributed by atoms with Gasteiger partial charge in [0.05, 0.1) is 13.2 Å². The molecule has 0 radical (unpaired) electrons. The van der Waals surface area contributed by atoms with Gasteiger partial charge in [-0.3, -0.25) is 0 Å². The predicted octanol–water partition coefficient (Wildman–Crippen LogP) is 4.11. The van der Waals surface area contributed by atoms with E-state index in [1.54, 1.807) is 0 Å². The molecule has 1 aromatic carbocycles. The molecule has 0 aliphatic carbocycles. The molecule has 0 saturated carbocycles. The van der Waals surface area contributed by atoms with Crippen molar-refractivity contribution in [3.05, 3.63) is 41.7 Å². The van der Waals surface area contributed by atoms with E-state index in [0.29, 0.717) is 18.6 Å². The van der Waals surface area contributed by atoms with Crippen molar-refractivity contribution in [1.29, 1.82) is 0 Å². The molecule has 0 saturated heterocycles. The maximum atomic E-state index is 11.5. The molecule has 0 aliphatic heterocycles. The van der Waals surface area contributed by atoms with Gasteiger partial charge in [-0.2, -0.15) is 0 Å². The van der Waals surface area contributed by atoms with Gasteiger partial charge in [-0.05, 0) is 18.9 Å². The van der Waals surface area contributed by atoms with E-state index in [-0.39, 0.29) is 11.9 Å². The Morgan fingerprint density at radius 3 is 2.41 bits per heavy atom. The molecule has 4 nitrogen and oxygen atoms in total. The molecule has 0 aliphatic rings. The highest BCUT2D eigenvalue weighted by Crippen LogP contribution is 2.27. The molecule has 0 heterocycles. The van der Waals surface area contributed by atoms with Crippen molar-refractivity contribution < 1.29 is 19.4 Å². The van der Waals surface area contributed by atoms with Gasteiger partial charge in [-0.15, -0.1) is 0 Å². The Morgan fingerprint density at radius 1 is 1.23 bits per heavy atom. The fourth-order valence-electron chi connectivity index (χ4n) is 2.46. The second kappa shape index (κ2) is 10.0. The number of carboxylic acids is 1. The fourth-order valence-corrected chi connectivity index (χ4v) is 2.46. The molecule has 0 aromatic heterocycles. The minimum Gasteiger partial charge on any atom is -0.490 e. The van der Waals surface area contributed by atoms with E-state index in [2.05, 4.69) is 6.92 Å². The van der Waals surface area contributed by atoms with Crippen LogP contribution in [0.5, 0.6) is 0 Å². The number of hydrogen-bond donors (Lipinski definition) is 1. The summed E-state index contributed by atoms with van der Waals surface area (Å²) in [6.07, 6.45) is 3.60. The maximum absolute atomic E-state index is 11.5. The number of carboxylic acid groups (broad SMARTS) is 1. The van der Waals surface area contributed by atoms with Crippen molar-refractivity contribution in [1.82, 2.24) is 0 Å². The van der Waals surface area contributed by atoms with Crippen LogP contribution in [-0.2, 0) is 14.3 Å². The second-order valence-corrected chi connectivity index (χ2v) is 5.11. The van der Waals surface area contributed by atoms with Crippen molar-refractivity contribution in [2.45, 2.75) is 45.6 Å². The van der Waals surface area contributed by atoms with Crippen molar-refractivity contribution in [3.63, 3.8) is 0 Å². The van der Waals surface area contributed by atoms with Gasteiger partial charge < -0.3 is 14.6 Å². The summed E-state index contributed by atoms with van der Waals surface area (Å²) in [5.74, 6) is -1.06. The second-order valence-electron chi connectivity index (χ2n) is 5.11. The van der Waals surface area contributed by atoms with Gasteiger partial charge in [0.25, 0.3) is 0 Å². The summed E-state index contributed by atoms with van der Waals surface area (Å²) < 4.78 is 10.9. The third-order valence-electron chi connectivity index (χ3n) is 3.51. The summed E-state index contributed by atoms with van der Waals surface area (Å²) in [6, 6.07) is 9.50. The maximum Gasteiger partial charge on any atom is 0.371 e. The molecule has 22 heavy (non-hydrogen) atoms. The van der Waals surface area contributed by atoms with E-state index in [1.807, 2.05) is 37.3 Å². The highest BCUT2D eigenvalue weighted by atomic mass is 16.5. The first-order chi connectivity index (χ1) is 10.6. The van der Waals surface area contributed by atoms with Gasteiger partial charge in [-0.25, -0.2) is 4.79 Å². The molecule has 0 bridgehead atoms. The Morgan fingerprint density at radius 2 is 1.91 bits per heavy atom. The van der Waals surface area contributed by atoms with Crippen LogP contribution < -0.4 is 0 Å². The molecule has 1 rings (SSSR count). The number of rotatable bonds is 10. The molecule has 1 aromatic rings. The Balaban J connectivity index is 3.12. The van der Waals surface area contributed by atoms with Crippen molar-refractivity contribution >= 4 is 11.5 Å². The standard InChI is InChI=1S/C18H26O4/c1-4-6-12-15(22-5-2)13-16(17(21-3)18(19)20)14-10-8-7-9-11-14/h7-11,15H,4-6,12-13H2,1-3H3,(H,19,20). The first kappa shape index (κ1) is 18.2. The normalized spacial score (nSPS) is 13.4. The van der Waals surface area contributed by atoms with Crippen LogP contribution in [0.1, 0.15) is 45.1 Å². The number of methoxy groups -OCH3 is 1. The Labute approximate surface area is 132 Å². The van der Waals surface area contributed by atoms with Crippen LogP contribution in [0, 0.1) is 0 Å². The van der Waals surface area contributed by atoms with Gasteiger partial charge in [0, 0.05) is 18.6 Å². The quantitative estimate of drug-likeness (QED) is 0.522. The molecule has 1 unspecified atom stereocenters. The third-order valence-corrected chi connectivity index (χ3v) is 3.51. The highest BCUT2D eigenvalue weighted by Gasteiger charge is 2.21. The summed E-state index contributed by atoms with van der Waals surface area (Å²) in [4.78, 5) is 11.5. The molecular weight excluding hydrogens is 280 g/mol. The number of ether oxygens (including phenoxy) is 2. The fraction of sp³-hybridized carbons (Fsp3) is 0.500. The molecule has 1 atom stereocenters. The summed E-state index contributed by atoms with van der Waals surface area (Å²) in [6.45, 7) is 4.71. The Kier molecular flexibility index (Phi) is 8.30. The van der Waals surface area contributed by atoms with Crippen molar-refractivity contribution in [3.8, 4) is 0 Å². The molecule has 4 heteroatoms. The number of hydrogen-bond acceptors (Lipinski definition) is 3. The van der Waals surface area contributed by atoms with Gasteiger partial charge in [-0.1, -0.05) is 50.1 Å². The van der Waals surface area contributed by atoms with E-state index < -0.39 is 5.97 Å². The van der Waals surface area contributed by atoms with Crippen LogP contribution >= 0.6 is 0 Å². The minimum atomic E-state index is -1.05. The minimum absolute atomic E-state index is 0.00431. The lowest BCUT2D eigenvalue weighted by molar-refractivity contribution is -0.136. The highest BCUT2D eigenvalue weighted by molar-refractivity contribution is 5.94. The topological polar surface area (TPSA) is 55.8 Å². The summed E-state index contributed by atoms with van der Waals surface area (Å²) in [5, 5.41) is 9.40. The number of unbranched alkanes of at least 4 members (excludes halogenated alkanes) is 1. The zero-order valence-corrected chi connectivity index (χ0v) is 13.7. The van der Waals surface area contributed by atoms with E-state index in [4.69, 9.17) is 9.47 Å². The van der Waals surface area contributed by atoms with Crippen LogP contribution in [-0.4, -0.2) is 30.9 Å². The van der Waals surface area contributed by atoms with E-state index >= 15 is 0 Å². The SMILES string of the molecule is CCCCC(CC(=C(OC)C(=O)O)c1ccccc1)OCC. The average Bonchev–Trinajstić information content (AvgIpc) is 2.52. The Hall–Kier alpha value is -1.81. The molecule has 0 spiro atoms. The monoisotopic (exact) mass is 306 g/mol. The van der Waals surface area contributed by atoms with Gasteiger partial charge in [0.2, 0.25) is 5.76 Å². The summed E-state index contributed by atoms with van der Waals surface area (Å²) in [7, 11) is 1.40. The molecule has 0 fully saturated rings. The van der Waals surface area contributed by atoms with Crippen LogP contribution in [0.3, 0.4) is 0 Å². The third kappa shape index (κ3) is 5.53. The zero-order chi connectivity index (χ0) is 16.4. The first-order valence-electron chi connectivity index (χ1n) is 7.81. The van der Waals surface area contributed by atoms with Crippen LogP contribution in [0.4, 0.5) is 0 Å². The zero-order valence-electron chi connectivity index (χ0n) is 13.7. The van der Waals surface area contributed by atoms with Gasteiger partial charge >= 0.3 is 5.97 Å². The van der Waals surface area contributed by atoms with E-state index in [9.17, 15) is 9.90 Å².